The molecule has 0 fully saturated rings. The highest BCUT2D eigenvalue weighted by Crippen LogP contribution is 2.29. The van der Waals surface area contributed by atoms with Crippen LogP contribution in [0.15, 0.2) is 47.4 Å². The zero-order chi connectivity index (χ0) is 31.9. The van der Waals surface area contributed by atoms with Gasteiger partial charge >= 0.3 is 0 Å². The van der Waals surface area contributed by atoms with E-state index in [4.69, 9.17) is 9.47 Å². The van der Waals surface area contributed by atoms with Crippen LogP contribution in [-0.2, 0) is 24.8 Å². The van der Waals surface area contributed by atoms with Crippen LogP contribution < -0.4 is 9.46 Å². The first-order valence-electron chi connectivity index (χ1n) is 14.5. The molecule has 0 saturated heterocycles. The molecule has 13 heteroatoms. The molecule has 2 aromatic carbocycles. The second-order valence-electron chi connectivity index (χ2n) is 11.5. The van der Waals surface area contributed by atoms with Gasteiger partial charge in [0.25, 0.3) is 5.91 Å². The third kappa shape index (κ3) is 9.64. The Morgan fingerprint density at radius 2 is 1.77 bits per heavy atom. The molecule has 1 aliphatic rings. The molecule has 2 N–H and O–H groups in total. The molecule has 43 heavy (non-hydrogen) atoms. The summed E-state index contributed by atoms with van der Waals surface area (Å²) in [6, 6.07) is 10.6. The summed E-state index contributed by atoms with van der Waals surface area (Å²) in [5.74, 6) is -0.477. The Morgan fingerprint density at radius 1 is 1.09 bits per heavy atom. The molecule has 1 amide bonds. The lowest BCUT2D eigenvalue weighted by atomic mass is 10.0. The Balaban J connectivity index is 1.98. The third-order valence-corrected chi connectivity index (χ3v) is 9.97. The van der Waals surface area contributed by atoms with Gasteiger partial charge in [0.05, 0.1) is 41.6 Å². The number of nitrogens with one attached hydrogen (secondary N) is 1. The maximum absolute atomic E-state index is 14.1. The van der Waals surface area contributed by atoms with Gasteiger partial charge in [-0.05, 0) is 70.4 Å². The summed E-state index contributed by atoms with van der Waals surface area (Å²) in [5.41, 5.74) is 1.32. The zero-order valence-electron chi connectivity index (χ0n) is 25.8. The molecule has 0 radical (unpaired) electrons. The van der Waals surface area contributed by atoms with Crippen molar-refractivity contribution in [2.24, 2.45) is 5.92 Å². The summed E-state index contributed by atoms with van der Waals surface area (Å²) < 4.78 is 66.7. The molecule has 2 aromatic rings. The van der Waals surface area contributed by atoms with E-state index in [-0.39, 0.29) is 47.9 Å². The van der Waals surface area contributed by atoms with Gasteiger partial charge in [-0.15, -0.1) is 0 Å². The summed E-state index contributed by atoms with van der Waals surface area (Å²) in [6.07, 6.45) is 2.42. The Labute approximate surface area is 256 Å². The molecule has 4 atom stereocenters. The molecule has 240 valence electrons. The zero-order valence-corrected chi connectivity index (χ0v) is 27.4. The average molecular weight is 640 g/mol. The van der Waals surface area contributed by atoms with E-state index in [1.165, 1.54) is 22.3 Å². The van der Waals surface area contributed by atoms with Crippen LogP contribution in [0.1, 0.15) is 56.0 Å². The number of aliphatic hydroxyl groups is 1. The highest BCUT2D eigenvalue weighted by molar-refractivity contribution is 7.92. The number of rotatable bonds is 8. The van der Waals surface area contributed by atoms with E-state index < -0.39 is 38.1 Å². The minimum atomic E-state index is -3.79. The number of amides is 1. The van der Waals surface area contributed by atoms with Gasteiger partial charge < -0.3 is 19.5 Å². The summed E-state index contributed by atoms with van der Waals surface area (Å²) >= 11 is 0. The molecule has 0 aromatic heterocycles. The first-order chi connectivity index (χ1) is 20.1. The number of likely N-dealkylation sites (N-methyl/N-ethyl adjacent to an activating group) is 1. The maximum atomic E-state index is 14.1. The predicted octanol–water partition coefficient (Wildman–Crippen LogP) is 3.48. The Morgan fingerprint density at radius 3 is 2.40 bits per heavy atom. The van der Waals surface area contributed by atoms with Crippen LogP contribution in [0.2, 0.25) is 0 Å². The molecule has 0 saturated carbocycles. The smallest absolute Gasteiger partial charge is 0.258 e. The third-order valence-electron chi connectivity index (χ3n) is 7.52. The molecule has 0 aliphatic carbocycles. The quantitative estimate of drug-likeness (QED) is 0.447. The number of hydrogen-bond acceptors (Lipinski definition) is 8. The number of ether oxygens (including phenoxy) is 2. The molecular weight excluding hydrogens is 594 g/mol. The number of anilines is 1. The van der Waals surface area contributed by atoms with Crippen molar-refractivity contribution in [3.63, 3.8) is 0 Å². The molecule has 11 nitrogen and oxygen atoms in total. The minimum Gasteiger partial charge on any atom is -0.490 e. The van der Waals surface area contributed by atoms with E-state index in [9.17, 15) is 26.7 Å². The normalized spacial score (nSPS) is 21.9. The van der Waals surface area contributed by atoms with E-state index >= 15 is 0 Å². The van der Waals surface area contributed by atoms with Crippen LogP contribution in [-0.4, -0.2) is 94.9 Å². The van der Waals surface area contributed by atoms with Crippen molar-refractivity contribution in [1.29, 1.82) is 0 Å². The Hall–Kier alpha value is -2.71. The number of carbonyl (C=O) groups excluding carboxylic acids is 1. The largest absolute Gasteiger partial charge is 0.490 e. The van der Waals surface area contributed by atoms with Crippen molar-refractivity contribution < 1.29 is 36.2 Å². The predicted molar refractivity (Wildman–Crippen MR) is 166 cm³/mol. The highest BCUT2D eigenvalue weighted by Gasteiger charge is 2.32. The van der Waals surface area contributed by atoms with Gasteiger partial charge in [-0.1, -0.05) is 24.6 Å². The second-order valence-corrected chi connectivity index (χ2v) is 15.3. The van der Waals surface area contributed by atoms with Crippen molar-refractivity contribution in [3.05, 3.63) is 53.6 Å². The van der Waals surface area contributed by atoms with Gasteiger partial charge in [0.1, 0.15) is 5.75 Å². The van der Waals surface area contributed by atoms with Gasteiger partial charge in [0.15, 0.2) is 0 Å². The lowest BCUT2D eigenvalue weighted by Crippen LogP contribution is -2.48. The molecule has 3 rings (SSSR count). The van der Waals surface area contributed by atoms with Gasteiger partial charge in [-0.3, -0.25) is 9.52 Å². The SMILES string of the molecule is Cc1ccc(S(=O)(=O)N(C)C[C@H]2OCCCC[C@@H](C)Oc3ccc(NS(C)(=O)=O)cc3C(=O)N([C@@H](C)CO)C[C@@H]2C)cc1. The van der Waals surface area contributed by atoms with Crippen LogP contribution >= 0.6 is 0 Å². The van der Waals surface area contributed by atoms with E-state index in [1.54, 1.807) is 43.3 Å². The van der Waals surface area contributed by atoms with Crippen molar-refractivity contribution in [2.75, 3.05) is 44.3 Å². The summed E-state index contributed by atoms with van der Waals surface area (Å²) in [5, 5.41) is 10.1. The van der Waals surface area contributed by atoms with Gasteiger partial charge in [0.2, 0.25) is 20.0 Å². The monoisotopic (exact) mass is 639 g/mol. The average Bonchev–Trinajstić information content (AvgIpc) is 2.93. The lowest BCUT2D eigenvalue weighted by molar-refractivity contribution is -0.00833. The number of benzene rings is 2. The van der Waals surface area contributed by atoms with E-state index in [1.807, 2.05) is 20.8 Å². The second kappa shape index (κ2) is 14.8. The standard InChI is InChI=1S/C30H45N3O8S2/c1-21-10-13-26(14-11-21)43(38,39)32(5)19-29-22(2)18-33(23(3)20-34)30(35)27-17-25(31-42(6,36)37)12-15-28(27)41-24(4)9-7-8-16-40-29/h10-15,17,22-24,29,31,34H,7-9,16,18-20H2,1-6H3/t22-,23-,24+,29+/m0/s1. The van der Waals surface area contributed by atoms with Crippen LogP contribution in [0.3, 0.4) is 0 Å². The number of fused-ring (bicyclic) bond motifs is 1. The Bertz CT molecular complexity index is 1450. The van der Waals surface area contributed by atoms with Gasteiger partial charge in [0, 0.05) is 38.3 Å². The van der Waals surface area contributed by atoms with Crippen molar-refractivity contribution >= 4 is 31.6 Å². The van der Waals surface area contributed by atoms with E-state index in [2.05, 4.69) is 4.72 Å². The van der Waals surface area contributed by atoms with Crippen LogP contribution in [0.4, 0.5) is 5.69 Å². The summed E-state index contributed by atoms with van der Waals surface area (Å²) in [7, 11) is -5.88. The topological polar surface area (TPSA) is 143 Å². The van der Waals surface area contributed by atoms with E-state index in [0.29, 0.717) is 18.8 Å². The number of hydrogen-bond donors (Lipinski definition) is 2. The van der Waals surface area contributed by atoms with Crippen LogP contribution in [0.25, 0.3) is 0 Å². The first kappa shape index (κ1) is 34.8. The molecule has 0 bridgehead atoms. The number of sulfonamides is 2. The molecule has 0 spiro atoms. The fourth-order valence-corrected chi connectivity index (χ4v) is 6.64. The van der Waals surface area contributed by atoms with E-state index in [0.717, 1.165) is 24.7 Å². The first-order valence-corrected chi connectivity index (χ1v) is 17.8. The number of carbonyl (C=O) groups is 1. The number of aliphatic hydroxyl groups excluding tert-OH is 1. The summed E-state index contributed by atoms with van der Waals surface area (Å²) in [6.45, 7) is 7.66. The minimum absolute atomic E-state index is 0.0610. The van der Waals surface area contributed by atoms with Crippen molar-refractivity contribution in [1.82, 2.24) is 9.21 Å². The van der Waals surface area contributed by atoms with Crippen LogP contribution in [0.5, 0.6) is 5.75 Å². The van der Waals surface area contributed by atoms with Crippen molar-refractivity contribution in [2.45, 2.75) is 70.1 Å². The molecule has 0 unspecified atom stereocenters. The lowest BCUT2D eigenvalue weighted by Gasteiger charge is -2.35. The van der Waals surface area contributed by atoms with Gasteiger partial charge in [-0.25, -0.2) is 16.8 Å². The van der Waals surface area contributed by atoms with Crippen LogP contribution in [0, 0.1) is 12.8 Å². The number of aryl methyl sites for hydroxylation is 1. The molecule has 1 heterocycles. The van der Waals surface area contributed by atoms with Crippen molar-refractivity contribution in [3.8, 4) is 5.75 Å². The molecular formula is C30H45N3O8S2. The number of nitrogens with zero attached hydrogens (tertiary/aromatic N) is 2. The fraction of sp³-hybridized carbons (Fsp3) is 0.567. The maximum Gasteiger partial charge on any atom is 0.258 e. The summed E-state index contributed by atoms with van der Waals surface area (Å²) in [4.78, 5) is 15.8. The molecule has 1 aliphatic heterocycles. The Kier molecular flexibility index (Phi) is 12.0. The fourth-order valence-electron chi connectivity index (χ4n) is 4.90. The highest BCUT2D eigenvalue weighted by atomic mass is 32.2. The van der Waals surface area contributed by atoms with Gasteiger partial charge in [-0.2, -0.15) is 4.31 Å².